The van der Waals surface area contributed by atoms with Crippen molar-refractivity contribution < 1.29 is 13.5 Å². The van der Waals surface area contributed by atoms with Gasteiger partial charge in [0.1, 0.15) is 11.6 Å². The molecule has 1 heterocycles. The van der Waals surface area contributed by atoms with Crippen molar-refractivity contribution in [2.75, 3.05) is 18.5 Å². The topological polar surface area (TPSA) is 21.3 Å². The molecule has 0 aromatic heterocycles. The van der Waals surface area contributed by atoms with Crippen LogP contribution in [0.5, 0.6) is 0 Å². The molecule has 2 nitrogen and oxygen atoms in total. The van der Waals surface area contributed by atoms with E-state index in [1.807, 2.05) is 0 Å². The fourth-order valence-corrected chi connectivity index (χ4v) is 2.09. The van der Waals surface area contributed by atoms with E-state index in [-0.39, 0.29) is 0 Å². The first-order chi connectivity index (χ1) is 8.24. The van der Waals surface area contributed by atoms with Crippen molar-refractivity contribution in [3.8, 4) is 0 Å². The number of halogens is 2. The number of rotatable bonds is 5. The van der Waals surface area contributed by atoms with Crippen LogP contribution in [-0.2, 0) is 4.74 Å². The molecule has 2 rings (SSSR count). The molecule has 0 saturated carbocycles. The molecule has 1 unspecified atom stereocenters. The summed E-state index contributed by atoms with van der Waals surface area (Å²) in [6, 6.07) is 3.47. The molecule has 0 aliphatic carbocycles. The Kier molecular flexibility index (Phi) is 4.31. The standard InChI is InChI=1S/C13H17F2NO/c14-10-7-11(15)9-12(8-10)16-5-1-3-13-4-2-6-17-13/h7-9,13,16H,1-6H2. The Morgan fingerprint density at radius 1 is 1.24 bits per heavy atom. The molecule has 4 heteroatoms. The van der Waals surface area contributed by atoms with Crippen molar-refractivity contribution in [2.45, 2.75) is 31.8 Å². The lowest BCUT2D eigenvalue weighted by atomic mass is 10.1. The quantitative estimate of drug-likeness (QED) is 0.798. The van der Waals surface area contributed by atoms with E-state index in [1.165, 1.54) is 12.1 Å². The maximum absolute atomic E-state index is 12.9. The molecule has 1 saturated heterocycles. The van der Waals surface area contributed by atoms with E-state index in [0.717, 1.165) is 38.4 Å². The van der Waals surface area contributed by atoms with Crippen molar-refractivity contribution in [1.29, 1.82) is 0 Å². The molecular weight excluding hydrogens is 224 g/mol. The van der Waals surface area contributed by atoms with Gasteiger partial charge in [-0.25, -0.2) is 8.78 Å². The van der Waals surface area contributed by atoms with Gasteiger partial charge in [0, 0.05) is 24.9 Å². The molecule has 1 atom stereocenters. The maximum atomic E-state index is 12.9. The molecule has 0 amide bonds. The lowest BCUT2D eigenvalue weighted by Gasteiger charge is -2.10. The summed E-state index contributed by atoms with van der Waals surface area (Å²) in [5, 5.41) is 3.01. The summed E-state index contributed by atoms with van der Waals surface area (Å²) in [4.78, 5) is 0. The first-order valence-electron chi connectivity index (χ1n) is 6.05. The molecule has 1 aliphatic heterocycles. The highest BCUT2D eigenvalue weighted by Crippen LogP contribution is 2.17. The highest BCUT2D eigenvalue weighted by molar-refractivity contribution is 5.43. The van der Waals surface area contributed by atoms with Gasteiger partial charge in [0.05, 0.1) is 6.10 Å². The third-order valence-electron chi connectivity index (χ3n) is 2.92. The van der Waals surface area contributed by atoms with Crippen LogP contribution in [-0.4, -0.2) is 19.3 Å². The van der Waals surface area contributed by atoms with Gasteiger partial charge in [-0.2, -0.15) is 0 Å². The molecule has 1 aromatic rings. The molecular formula is C13H17F2NO. The van der Waals surface area contributed by atoms with Crippen molar-refractivity contribution >= 4 is 5.69 Å². The molecule has 0 radical (unpaired) electrons. The zero-order valence-corrected chi connectivity index (χ0v) is 9.72. The Morgan fingerprint density at radius 2 is 2.00 bits per heavy atom. The van der Waals surface area contributed by atoms with E-state index in [2.05, 4.69) is 5.32 Å². The Morgan fingerprint density at radius 3 is 2.65 bits per heavy atom. The van der Waals surface area contributed by atoms with Crippen LogP contribution >= 0.6 is 0 Å². The summed E-state index contributed by atoms with van der Waals surface area (Å²) < 4.78 is 31.3. The van der Waals surface area contributed by atoms with Gasteiger partial charge in [-0.05, 0) is 37.8 Å². The van der Waals surface area contributed by atoms with Crippen molar-refractivity contribution in [1.82, 2.24) is 0 Å². The third-order valence-corrected chi connectivity index (χ3v) is 2.92. The van der Waals surface area contributed by atoms with E-state index < -0.39 is 11.6 Å². The van der Waals surface area contributed by atoms with Crippen LogP contribution in [0.4, 0.5) is 14.5 Å². The number of hydrogen-bond acceptors (Lipinski definition) is 2. The van der Waals surface area contributed by atoms with E-state index in [0.29, 0.717) is 18.3 Å². The van der Waals surface area contributed by atoms with E-state index >= 15 is 0 Å². The number of benzene rings is 1. The van der Waals surface area contributed by atoms with Gasteiger partial charge >= 0.3 is 0 Å². The average molecular weight is 241 g/mol. The second-order valence-corrected chi connectivity index (χ2v) is 4.36. The summed E-state index contributed by atoms with van der Waals surface area (Å²) >= 11 is 0. The van der Waals surface area contributed by atoms with E-state index in [1.54, 1.807) is 0 Å². The minimum absolute atomic E-state index is 0.376. The van der Waals surface area contributed by atoms with Crippen LogP contribution in [0.15, 0.2) is 18.2 Å². The van der Waals surface area contributed by atoms with Crippen molar-refractivity contribution in [3.63, 3.8) is 0 Å². The largest absolute Gasteiger partial charge is 0.385 e. The lowest BCUT2D eigenvalue weighted by Crippen LogP contribution is -2.09. The summed E-state index contributed by atoms with van der Waals surface area (Å²) in [6.07, 6.45) is 4.61. The fraction of sp³-hybridized carbons (Fsp3) is 0.538. The van der Waals surface area contributed by atoms with Gasteiger partial charge in [-0.1, -0.05) is 0 Å². The van der Waals surface area contributed by atoms with E-state index in [4.69, 9.17) is 4.74 Å². The number of nitrogens with one attached hydrogen (secondary N) is 1. The Balaban J connectivity index is 1.70. The Bertz CT molecular complexity index is 344. The van der Waals surface area contributed by atoms with Crippen LogP contribution in [0.2, 0.25) is 0 Å². The molecule has 1 aromatic carbocycles. The van der Waals surface area contributed by atoms with Crippen LogP contribution < -0.4 is 5.32 Å². The number of anilines is 1. The minimum atomic E-state index is -0.549. The minimum Gasteiger partial charge on any atom is -0.385 e. The van der Waals surface area contributed by atoms with Gasteiger partial charge in [0.25, 0.3) is 0 Å². The van der Waals surface area contributed by atoms with Gasteiger partial charge < -0.3 is 10.1 Å². The molecule has 1 N–H and O–H groups in total. The smallest absolute Gasteiger partial charge is 0.128 e. The molecule has 1 aliphatic rings. The second kappa shape index (κ2) is 5.96. The third kappa shape index (κ3) is 3.97. The van der Waals surface area contributed by atoms with Crippen LogP contribution in [0.1, 0.15) is 25.7 Å². The van der Waals surface area contributed by atoms with Crippen LogP contribution in [0, 0.1) is 11.6 Å². The summed E-state index contributed by atoms with van der Waals surface area (Å²) in [5.74, 6) is -1.10. The number of ether oxygens (including phenoxy) is 1. The molecule has 0 spiro atoms. The molecule has 17 heavy (non-hydrogen) atoms. The van der Waals surface area contributed by atoms with E-state index in [9.17, 15) is 8.78 Å². The molecule has 1 fully saturated rings. The molecule has 0 bridgehead atoms. The fourth-order valence-electron chi connectivity index (χ4n) is 2.09. The normalized spacial score (nSPS) is 19.5. The summed E-state index contributed by atoms with van der Waals surface area (Å²) in [6.45, 7) is 1.58. The maximum Gasteiger partial charge on any atom is 0.128 e. The molecule has 94 valence electrons. The summed E-state index contributed by atoms with van der Waals surface area (Å²) in [5.41, 5.74) is 0.495. The van der Waals surface area contributed by atoms with Crippen LogP contribution in [0.3, 0.4) is 0 Å². The Labute approximate surface area is 100.0 Å². The van der Waals surface area contributed by atoms with Crippen molar-refractivity contribution in [2.24, 2.45) is 0 Å². The zero-order valence-electron chi connectivity index (χ0n) is 9.72. The first kappa shape index (κ1) is 12.3. The monoisotopic (exact) mass is 241 g/mol. The van der Waals surface area contributed by atoms with Gasteiger partial charge in [0.2, 0.25) is 0 Å². The van der Waals surface area contributed by atoms with Crippen molar-refractivity contribution in [3.05, 3.63) is 29.8 Å². The average Bonchev–Trinajstić information content (AvgIpc) is 2.76. The Hall–Kier alpha value is -1.16. The lowest BCUT2D eigenvalue weighted by molar-refractivity contribution is 0.103. The second-order valence-electron chi connectivity index (χ2n) is 4.36. The zero-order chi connectivity index (χ0) is 12.1. The van der Waals surface area contributed by atoms with Gasteiger partial charge in [-0.15, -0.1) is 0 Å². The summed E-state index contributed by atoms with van der Waals surface area (Å²) in [7, 11) is 0. The van der Waals surface area contributed by atoms with Crippen LogP contribution in [0.25, 0.3) is 0 Å². The van der Waals surface area contributed by atoms with Gasteiger partial charge in [0.15, 0.2) is 0 Å². The number of hydrogen-bond donors (Lipinski definition) is 1. The van der Waals surface area contributed by atoms with Gasteiger partial charge in [-0.3, -0.25) is 0 Å². The highest BCUT2D eigenvalue weighted by atomic mass is 19.1. The predicted molar refractivity (Wildman–Crippen MR) is 63.1 cm³/mol. The predicted octanol–water partition coefficient (Wildman–Crippen LogP) is 3.34. The highest BCUT2D eigenvalue weighted by Gasteiger charge is 2.14. The first-order valence-corrected chi connectivity index (χ1v) is 6.05. The SMILES string of the molecule is Fc1cc(F)cc(NCCCC2CCCO2)c1.